The first-order valence-corrected chi connectivity index (χ1v) is 7.95. The first-order chi connectivity index (χ1) is 11.3. The average Bonchev–Trinajstić information content (AvgIpc) is 3.09. The fraction of sp³-hybridized carbons (Fsp3) is 0.368. The van der Waals surface area contributed by atoms with Gasteiger partial charge in [0, 0.05) is 18.2 Å². The molecule has 0 saturated heterocycles. The van der Waals surface area contributed by atoms with Gasteiger partial charge in [-0.3, -0.25) is 4.90 Å². The molecule has 1 N–H and O–H groups in total. The topological polar surface area (TPSA) is 45.8 Å². The van der Waals surface area contributed by atoms with E-state index in [0.717, 1.165) is 30.0 Å². The molecule has 124 valence electrons. The number of aliphatic hydroxyl groups excluding tert-OH is 1. The fourth-order valence-electron chi connectivity index (χ4n) is 2.57. The zero-order chi connectivity index (χ0) is 16.5. The average molecular weight is 315 g/mol. The van der Waals surface area contributed by atoms with Gasteiger partial charge in [0.2, 0.25) is 0 Å². The summed E-state index contributed by atoms with van der Waals surface area (Å²) in [6, 6.07) is 11.9. The van der Waals surface area contributed by atoms with E-state index >= 15 is 0 Å². The third-order valence-corrected chi connectivity index (χ3v) is 3.91. The second kappa shape index (κ2) is 9.18. The predicted octanol–water partition coefficient (Wildman–Crippen LogP) is 3.57. The van der Waals surface area contributed by atoms with E-state index in [1.54, 1.807) is 13.4 Å². The van der Waals surface area contributed by atoms with Gasteiger partial charge in [-0.15, -0.1) is 0 Å². The molecule has 0 bridgehead atoms. The molecule has 1 aromatic carbocycles. The van der Waals surface area contributed by atoms with Gasteiger partial charge in [-0.1, -0.05) is 37.3 Å². The minimum atomic E-state index is 0.113. The van der Waals surface area contributed by atoms with Crippen LogP contribution >= 0.6 is 0 Å². The van der Waals surface area contributed by atoms with Gasteiger partial charge in [0.25, 0.3) is 0 Å². The van der Waals surface area contributed by atoms with Crippen LogP contribution in [0.1, 0.15) is 24.7 Å². The largest absolute Gasteiger partial charge is 0.496 e. The summed E-state index contributed by atoms with van der Waals surface area (Å²) in [6.07, 6.45) is 6.72. The van der Waals surface area contributed by atoms with Crippen LogP contribution in [0.25, 0.3) is 6.08 Å². The van der Waals surface area contributed by atoms with Crippen LogP contribution in [0.4, 0.5) is 0 Å². The monoisotopic (exact) mass is 315 g/mol. The van der Waals surface area contributed by atoms with Gasteiger partial charge in [0.05, 0.1) is 26.5 Å². The molecule has 0 saturated carbocycles. The molecule has 1 unspecified atom stereocenters. The van der Waals surface area contributed by atoms with Gasteiger partial charge in [0.1, 0.15) is 11.5 Å². The van der Waals surface area contributed by atoms with Gasteiger partial charge in [-0.2, -0.15) is 0 Å². The minimum Gasteiger partial charge on any atom is -0.496 e. The molecule has 2 rings (SSSR count). The summed E-state index contributed by atoms with van der Waals surface area (Å²) in [5.74, 6) is 1.76. The van der Waals surface area contributed by atoms with Gasteiger partial charge >= 0.3 is 0 Å². The molecule has 0 aliphatic rings. The quantitative estimate of drug-likeness (QED) is 0.768. The van der Waals surface area contributed by atoms with Crippen LogP contribution in [0.5, 0.6) is 5.75 Å². The lowest BCUT2D eigenvalue weighted by Gasteiger charge is -2.27. The van der Waals surface area contributed by atoms with E-state index in [-0.39, 0.29) is 12.6 Å². The summed E-state index contributed by atoms with van der Waals surface area (Å²) in [5.41, 5.74) is 1.05. The lowest BCUT2D eigenvalue weighted by molar-refractivity contribution is 0.118. The Balaban J connectivity index is 2.06. The first-order valence-electron chi connectivity index (χ1n) is 7.95. The number of para-hydroxylation sites is 1. The van der Waals surface area contributed by atoms with Crippen LogP contribution in [0.15, 0.2) is 53.2 Å². The number of methoxy groups -OCH3 is 1. The first kappa shape index (κ1) is 17.3. The van der Waals surface area contributed by atoms with Crippen molar-refractivity contribution in [3.05, 3.63) is 60.1 Å². The van der Waals surface area contributed by atoms with Crippen LogP contribution in [0, 0.1) is 0 Å². The van der Waals surface area contributed by atoms with E-state index in [1.165, 1.54) is 0 Å². The molecule has 1 heterocycles. The molecule has 0 spiro atoms. The predicted molar refractivity (Wildman–Crippen MR) is 92.3 cm³/mol. The number of nitrogens with zero attached hydrogens (tertiary/aromatic N) is 1. The highest BCUT2D eigenvalue weighted by atomic mass is 16.5. The Morgan fingerprint density at radius 2 is 2.09 bits per heavy atom. The van der Waals surface area contributed by atoms with Crippen molar-refractivity contribution >= 4 is 6.08 Å². The third-order valence-electron chi connectivity index (χ3n) is 3.91. The summed E-state index contributed by atoms with van der Waals surface area (Å²) < 4.78 is 10.8. The maximum absolute atomic E-state index is 9.61. The second-order valence-corrected chi connectivity index (χ2v) is 5.40. The minimum absolute atomic E-state index is 0.113. The van der Waals surface area contributed by atoms with E-state index in [2.05, 4.69) is 24.0 Å². The van der Waals surface area contributed by atoms with Crippen molar-refractivity contribution in [1.29, 1.82) is 0 Å². The number of aliphatic hydroxyl groups is 1. The molecule has 0 aliphatic carbocycles. The van der Waals surface area contributed by atoms with Gasteiger partial charge < -0.3 is 14.3 Å². The van der Waals surface area contributed by atoms with Crippen LogP contribution in [-0.2, 0) is 6.54 Å². The number of furan rings is 1. The zero-order valence-electron chi connectivity index (χ0n) is 13.8. The number of rotatable bonds is 9. The van der Waals surface area contributed by atoms with Crippen molar-refractivity contribution in [2.24, 2.45) is 0 Å². The number of hydrogen-bond acceptors (Lipinski definition) is 4. The Bertz CT molecular complexity index is 588. The lowest BCUT2D eigenvalue weighted by atomic mass is 10.1. The second-order valence-electron chi connectivity index (χ2n) is 5.40. The molecule has 1 aromatic heterocycles. The van der Waals surface area contributed by atoms with Gasteiger partial charge in [-0.05, 0) is 24.6 Å². The normalized spacial score (nSPS) is 12.9. The molecular weight excluding hydrogens is 290 g/mol. The summed E-state index contributed by atoms with van der Waals surface area (Å²) in [4.78, 5) is 2.21. The van der Waals surface area contributed by atoms with Crippen LogP contribution < -0.4 is 4.74 Å². The third kappa shape index (κ3) is 4.98. The SMILES string of the molecule is CCC(CO)N(C/C=C/c1ccccc1OC)Cc1ccco1. The Hall–Kier alpha value is -2.04. The Kier molecular flexibility index (Phi) is 6.91. The lowest BCUT2D eigenvalue weighted by Crippen LogP contribution is -2.37. The van der Waals surface area contributed by atoms with Crippen molar-refractivity contribution in [2.45, 2.75) is 25.9 Å². The van der Waals surface area contributed by atoms with E-state index in [0.29, 0.717) is 6.54 Å². The maximum Gasteiger partial charge on any atom is 0.126 e. The van der Waals surface area contributed by atoms with Crippen molar-refractivity contribution < 1.29 is 14.3 Å². The number of benzene rings is 1. The smallest absolute Gasteiger partial charge is 0.126 e. The fourth-order valence-corrected chi connectivity index (χ4v) is 2.57. The van der Waals surface area contributed by atoms with Crippen LogP contribution in [-0.4, -0.2) is 36.3 Å². The van der Waals surface area contributed by atoms with Crippen molar-refractivity contribution in [3.63, 3.8) is 0 Å². The molecule has 0 radical (unpaired) electrons. The van der Waals surface area contributed by atoms with E-state index in [1.807, 2.05) is 36.4 Å². The Morgan fingerprint density at radius 3 is 2.74 bits per heavy atom. The van der Waals surface area contributed by atoms with Crippen LogP contribution in [0.3, 0.4) is 0 Å². The molecule has 23 heavy (non-hydrogen) atoms. The highest BCUT2D eigenvalue weighted by molar-refractivity contribution is 5.57. The highest BCUT2D eigenvalue weighted by Gasteiger charge is 2.16. The van der Waals surface area contributed by atoms with Crippen molar-refractivity contribution in [3.8, 4) is 5.75 Å². The number of hydrogen-bond donors (Lipinski definition) is 1. The summed E-state index contributed by atoms with van der Waals surface area (Å²) in [6.45, 7) is 3.64. The molecular formula is C19H25NO3. The van der Waals surface area contributed by atoms with Crippen LogP contribution in [0.2, 0.25) is 0 Å². The molecule has 0 aliphatic heterocycles. The van der Waals surface area contributed by atoms with Crippen molar-refractivity contribution in [2.75, 3.05) is 20.3 Å². The van der Waals surface area contributed by atoms with E-state index in [9.17, 15) is 5.11 Å². The number of ether oxygens (including phenoxy) is 1. The molecule has 2 aromatic rings. The molecule has 4 nitrogen and oxygen atoms in total. The van der Waals surface area contributed by atoms with E-state index < -0.39 is 0 Å². The molecule has 4 heteroatoms. The molecule has 0 fully saturated rings. The summed E-state index contributed by atoms with van der Waals surface area (Å²) in [7, 11) is 1.68. The van der Waals surface area contributed by atoms with E-state index in [4.69, 9.17) is 9.15 Å². The standard InChI is InChI=1S/C19H25NO3/c1-3-17(15-21)20(14-18-10-7-13-23-18)12-6-9-16-8-4-5-11-19(16)22-2/h4-11,13,17,21H,3,12,14-15H2,1-2H3/b9-6+. The van der Waals surface area contributed by atoms with Crippen molar-refractivity contribution in [1.82, 2.24) is 4.90 Å². The molecule has 1 atom stereocenters. The highest BCUT2D eigenvalue weighted by Crippen LogP contribution is 2.19. The van der Waals surface area contributed by atoms with Gasteiger partial charge in [-0.25, -0.2) is 0 Å². The summed E-state index contributed by atoms with van der Waals surface area (Å²) in [5, 5.41) is 9.61. The molecule has 0 amide bonds. The van der Waals surface area contributed by atoms with Gasteiger partial charge in [0.15, 0.2) is 0 Å². The maximum atomic E-state index is 9.61. The zero-order valence-corrected chi connectivity index (χ0v) is 13.8. The Labute approximate surface area is 138 Å². The Morgan fingerprint density at radius 1 is 1.26 bits per heavy atom. The summed E-state index contributed by atoms with van der Waals surface area (Å²) >= 11 is 0.